The van der Waals surface area contributed by atoms with E-state index in [1.165, 1.54) is 11.9 Å². The maximum Gasteiger partial charge on any atom is 0.138 e. The molecule has 0 unspecified atom stereocenters. The Morgan fingerprint density at radius 2 is 1.70 bits per heavy atom. The normalized spacial score (nSPS) is 55.1. The van der Waals surface area contributed by atoms with Crippen molar-refractivity contribution in [1.29, 1.82) is 0 Å². The lowest BCUT2D eigenvalue weighted by atomic mass is 9.32. The lowest BCUT2D eigenvalue weighted by Crippen LogP contribution is -2.69. The van der Waals surface area contributed by atoms with E-state index in [1.807, 2.05) is 0 Å². The van der Waals surface area contributed by atoms with Crippen molar-refractivity contribution >= 4 is 12.1 Å². The van der Waals surface area contributed by atoms with Crippen LogP contribution in [0.25, 0.3) is 0 Å². The Labute approximate surface area is 201 Å². The lowest BCUT2D eigenvalue weighted by molar-refractivity contribution is -0.263. The minimum Gasteiger partial charge on any atom is -0.393 e. The third-order valence-corrected chi connectivity index (χ3v) is 13.1. The monoisotopic (exact) mass is 454 g/mol. The second kappa shape index (κ2) is 7.05. The number of ketones is 1. The Hall–Kier alpha value is -0.960. The number of aliphatic hydroxyl groups excluding tert-OH is 1. The number of rotatable bonds is 2. The van der Waals surface area contributed by atoms with Crippen molar-refractivity contribution in [2.45, 2.75) is 105 Å². The Bertz CT molecular complexity index is 889. The van der Waals surface area contributed by atoms with Crippen LogP contribution in [0.15, 0.2) is 12.2 Å². The minimum absolute atomic E-state index is 0.0135. The SMILES string of the molecule is C=C(C)[C@@H]1CC[C@]2(C=O)CC[C@]3(C)[C@H](C[C@@H](O)[C@@H]4[C@@]5(C)CCC(=O)C(C)(C)[C@@H]5CC[C@]43C)[C@@H]12. The fraction of sp³-hybridized carbons (Fsp3) is 0.867. The number of allylic oxidation sites excluding steroid dienone is 1. The van der Waals surface area contributed by atoms with Gasteiger partial charge in [-0.2, -0.15) is 0 Å². The quantitative estimate of drug-likeness (QED) is 0.389. The van der Waals surface area contributed by atoms with E-state index in [4.69, 9.17) is 0 Å². The first-order valence-electron chi connectivity index (χ1n) is 13.6. The second-order valence-corrected chi connectivity index (χ2v) is 14.3. The molecule has 5 fully saturated rings. The summed E-state index contributed by atoms with van der Waals surface area (Å²) in [6.07, 6.45) is 9.57. The number of aldehydes is 1. The Kier molecular flexibility index (Phi) is 5.08. The molecule has 5 aliphatic carbocycles. The van der Waals surface area contributed by atoms with Crippen molar-refractivity contribution in [2.24, 2.45) is 56.7 Å². The topological polar surface area (TPSA) is 54.4 Å². The number of hydrogen-bond donors (Lipinski definition) is 1. The third-order valence-electron chi connectivity index (χ3n) is 13.1. The summed E-state index contributed by atoms with van der Waals surface area (Å²) >= 11 is 0. The van der Waals surface area contributed by atoms with Gasteiger partial charge in [0.25, 0.3) is 0 Å². The fourth-order valence-corrected chi connectivity index (χ4v) is 11.3. The van der Waals surface area contributed by atoms with Crippen LogP contribution in [0, 0.1) is 56.7 Å². The van der Waals surface area contributed by atoms with E-state index in [9.17, 15) is 14.7 Å². The summed E-state index contributed by atoms with van der Waals surface area (Å²) in [5.74, 6) is 2.03. The predicted molar refractivity (Wildman–Crippen MR) is 131 cm³/mol. The molecular formula is C30H46O3. The van der Waals surface area contributed by atoms with Crippen LogP contribution >= 0.6 is 0 Å². The highest BCUT2D eigenvalue weighted by Gasteiger charge is 2.72. The molecule has 33 heavy (non-hydrogen) atoms. The maximum absolute atomic E-state index is 12.9. The summed E-state index contributed by atoms with van der Waals surface area (Å²) in [6.45, 7) is 18.2. The van der Waals surface area contributed by atoms with E-state index in [1.54, 1.807) is 0 Å². The summed E-state index contributed by atoms with van der Waals surface area (Å²) < 4.78 is 0. The van der Waals surface area contributed by atoms with Crippen molar-refractivity contribution in [3.05, 3.63) is 12.2 Å². The first-order chi connectivity index (χ1) is 15.3. The van der Waals surface area contributed by atoms with Gasteiger partial charge in [0.1, 0.15) is 12.1 Å². The molecule has 0 aromatic rings. The summed E-state index contributed by atoms with van der Waals surface area (Å²) in [5, 5.41) is 12.0. The molecule has 5 rings (SSSR count). The fourth-order valence-electron chi connectivity index (χ4n) is 11.3. The van der Waals surface area contributed by atoms with Gasteiger partial charge in [0.05, 0.1) is 6.10 Å². The first kappa shape index (κ1) is 23.8. The van der Waals surface area contributed by atoms with Gasteiger partial charge in [-0.3, -0.25) is 4.79 Å². The van der Waals surface area contributed by atoms with Crippen molar-refractivity contribution < 1.29 is 14.7 Å². The highest BCUT2D eigenvalue weighted by atomic mass is 16.3. The van der Waals surface area contributed by atoms with E-state index >= 15 is 0 Å². The van der Waals surface area contributed by atoms with Crippen LogP contribution in [-0.2, 0) is 9.59 Å². The van der Waals surface area contributed by atoms with Crippen molar-refractivity contribution in [3.8, 4) is 0 Å². The van der Waals surface area contributed by atoms with Crippen molar-refractivity contribution in [2.75, 3.05) is 0 Å². The van der Waals surface area contributed by atoms with E-state index in [0.717, 1.165) is 51.4 Å². The summed E-state index contributed by atoms with van der Waals surface area (Å²) in [6, 6.07) is 0. The molecule has 0 amide bonds. The van der Waals surface area contributed by atoms with Gasteiger partial charge < -0.3 is 9.90 Å². The average molecular weight is 455 g/mol. The average Bonchev–Trinajstić information content (AvgIpc) is 3.13. The minimum atomic E-state index is -0.362. The number of fused-ring (bicyclic) bond motifs is 7. The predicted octanol–water partition coefficient (Wildman–Crippen LogP) is 6.38. The molecule has 3 heteroatoms. The van der Waals surface area contributed by atoms with Gasteiger partial charge in [-0.05, 0) is 104 Å². The molecule has 10 atom stereocenters. The van der Waals surface area contributed by atoms with Crippen LogP contribution in [0.3, 0.4) is 0 Å². The number of carbonyl (C=O) groups excluding carboxylic acids is 2. The molecule has 0 bridgehead atoms. The van der Waals surface area contributed by atoms with E-state index in [-0.39, 0.29) is 39.1 Å². The highest BCUT2D eigenvalue weighted by molar-refractivity contribution is 5.85. The number of Topliss-reactive ketones (excluding diaryl/α,β-unsaturated/α-hetero) is 1. The van der Waals surface area contributed by atoms with Gasteiger partial charge in [0, 0.05) is 17.3 Å². The smallest absolute Gasteiger partial charge is 0.138 e. The van der Waals surface area contributed by atoms with Crippen LogP contribution in [0.1, 0.15) is 99.3 Å². The molecule has 5 saturated carbocycles. The van der Waals surface area contributed by atoms with Gasteiger partial charge in [0.15, 0.2) is 0 Å². The largest absolute Gasteiger partial charge is 0.393 e. The van der Waals surface area contributed by atoms with Crippen LogP contribution in [-0.4, -0.2) is 23.3 Å². The van der Waals surface area contributed by atoms with Gasteiger partial charge in [-0.15, -0.1) is 0 Å². The zero-order chi connectivity index (χ0) is 24.2. The molecule has 184 valence electrons. The number of hydrogen-bond acceptors (Lipinski definition) is 3. The van der Waals surface area contributed by atoms with Crippen LogP contribution in [0.4, 0.5) is 0 Å². The van der Waals surface area contributed by atoms with Gasteiger partial charge in [-0.1, -0.05) is 46.8 Å². The molecule has 0 spiro atoms. The third kappa shape index (κ3) is 2.72. The van der Waals surface area contributed by atoms with Gasteiger partial charge in [0.2, 0.25) is 0 Å². The summed E-state index contributed by atoms with van der Waals surface area (Å²) in [4.78, 5) is 25.5. The van der Waals surface area contributed by atoms with Crippen LogP contribution < -0.4 is 0 Å². The maximum atomic E-state index is 12.9. The second-order valence-electron chi connectivity index (χ2n) is 14.3. The Balaban J connectivity index is 1.60. The Morgan fingerprint density at radius 3 is 2.33 bits per heavy atom. The number of carbonyl (C=O) groups is 2. The van der Waals surface area contributed by atoms with Crippen LogP contribution in [0.5, 0.6) is 0 Å². The highest BCUT2D eigenvalue weighted by Crippen LogP contribution is 2.77. The molecule has 0 aromatic heterocycles. The standard InChI is InChI=1S/C30H46O3/c1-18(2)19-8-13-30(17-31)15-14-28(6)20(24(19)30)16-21(32)25-27(5)11-10-23(33)26(3,4)22(27)9-12-29(25,28)7/h17,19-22,24-25,32H,1,8-16H2,2-7H3/t19-,20+,21+,22-,24+,25+,27-,28+,29+,30+/m0/s1. The van der Waals surface area contributed by atoms with E-state index in [0.29, 0.717) is 35.9 Å². The number of aliphatic hydroxyl groups is 1. The molecule has 1 N–H and O–H groups in total. The lowest BCUT2D eigenvalue weighted by Gasteiger charge is -2.73. The van der Waals surface area contributed by atoms with E-state index < -0.39 is 0 Å². The molecule has 0 heterocycles. The summed E-state index contributed by atoms with van der Waals surface area (Å²) in [5.41, 5.74) is 0.803. The van der Waals surface area contributed by atoms with Gasteiger partial charge in [-0.25, -0.2) is 0 Å². The molecule has 0 aromatic carbocycles. The first-order valence-corrected chi connectivity index (χ1v) is 13.6. The Morgan fingerprint density at radius 1 is 1.00 bits per heavy atom. The van der Waals surface area contributed by atoms with Crippen molar-refractivity contribution in [3.63, 3.8) is 0 Å². The molecular weight excluding hydrogens is 408 g/mol. The zero-order valence-corrected chi connectivity index (χ0v) is 21.9. The zero-order valence-electron chi connectivity index (χ0n) is 21.9. The van der Waals surface area contributed by atoms with Crippen molar-refractivity contribution in [1.82, 2.24) is 0 Å². The molecule has 0 aliphatic heterocycles. The molecule has 0 radical (unpaired) electrons. The van der Waals surface area contributed by atoms with Gasteiger partial charge >= 0.3 is 0 Å². The summed E-state index contributed by atoms with van der Waals surface area (Å²) in [7, 11) is 0. The molecule has 0 saturated heterocycles. The molecule has 5 aliphatic rings. The molecule has 3 nitrogen and oxygen atoms in total. The van der Waals surface area contributed by atoms with E-state index in [2.05, 4.69) is 48.1 Å². The van der Waals surface area contributed by atoms with Crippen LogP contribution in [0.2, 0.25) is 0 Å².